The molecule has 3 heteroatoms. The predicted octanol–water partition coefficient (Wildman–Crippen LogP) is 1.26. The third-order valence-electron chi connectivity index (χ3n) is 3.46. The monoisotopic (exact) mass is 184 g/mol. The second-order valence-electron chi connectivity index (χ2n) is 4.60. The molecule has 2 aliphatic rings. The molecule has 2 aliphatic carbocycles. The van der Waals surface area contributed by atoms with Gasteiger partial charge in [0.25, 0.3) is 0 Å². The van der Waals surface area contributed by atoms with Crippen molar-refractivity contribution in [2.75, 3.05) is 0 Å². The Morgan fingerprint density at radius 1 is 1.00 bits per heavy atom. The molecule has 4 atom stereocenters. The fourth-order valence-corrected chi connectivity index (χ4v) is 3.02. The second kappa shape index (κ2) is 3.29. The maximum absolute atomic E-state index is 10.8. The van der Waals surface area contributed by atoms with Crippen molar-refractivity contribution in [1.82, 2.24) is 0 Å². The Morgan fingerprint density at radius 3 is 2.00 bits per heavy atom. The predicted molar refractivity (Wildman–Crippen MR) is 47.2 cm³/mol. The molecular weight excluding hydrogens is 168 g/mol. The molecular formula is C10H16O3. The van der Waals surface area contributed by atoms with E-state index in [-0.39, 0.29) is 12.0 Å². The molecule has 74 valence electrons. The van der Waals surface area contributed by atoms with Crippen molar-refractivity contribution >= 4 is 5.97 Å². The van der Waals surface area contributed by atoms with E-state index in [0.717, 1.165) is 32.1 Å². The fourth-order valence-electron chi connectivity index (χ4n) is 3.02. The second-order valence-corrected chi connectivity index (χ2v) is 4.60. The zero-order valence-electron chi connectivity index (χ0n) is 7.65. The summed E-state index contributed by atoms with van der Waals surface area (Å²) in [6, 6.07) is 0. The van der Waals surface area contributed by atoms with E-state index in [2.05, 4.69) is 0 Å². The fraction of sp³-hybridized carbons (Fsp3) is 0.900. The molecule has 0 radical (unpaired) electrons. The first-order valence-electron chi connectivity index (χ1n) is 5.06. The number of aliphatic hydroxyl groups excluding tert-OH is 1. The number of fused-ring (bicyclic) bond motifs is 2. The highest BCUT2D eigenvalue weighted by atomic mass is 16.4. The summed E-state index contributed by atoms with van der Waals surface area (Å²) in [6.07, 6.45) is 4.17. The lowest BCUT2D eigenvalue weighted by atomic mass is 9.67. The first kappa shape index (κ1) is 9.00. The van der Waals surface area contributed by atoms with Crippen molar-refractivity contribution in [2.24, 2.45) is 17.8 Å². The molecule has 0 aliphatic heterocycles. The highest BCUT2D eigenvalue weighted by Gasteiger charge is 2.37. The number of carboxylic acids is 1. The van der Waals surface area contributed by atoms with Crippen molar-refractivity contribution in [3.05, 3.63) is 0 Å². The molecule has 0 aromatic heterocycles. The lowest BCUT2D eigenvalue weighted by Gasteiger charge is -2.39. The van der Waals surface area contributed by atoms with Crippen LogP contribution in [-0.2, 0) is 4.79 Å². The van der Waals surface area contributed by atoms with Crippen molar-refractivity contribution < 1.29 is 15.0 Å². The molecule has 2 saturated carbocycles. The smallest absolute Gasteiger partial charge is 0.306 e. The van der Waals surface area contributed by atoms with Gasteiger partial charge in [-0.3, -0.25) is 4.79 Å². The third kappa shape index (κ3) is 1.85. The average molecular weight is 184 g/mol. The van der Waals surface area contributed by atoms with Crippen LogP contribution in [0.25, 0.3) is 0 Å². The molecule has 0 amide bonds. The number of hydrogen-bond donors (Lipinski definition) is 2. The lowest BCUT2D eigenvalue weighted by molar-refractivity contribution is -0.145. The summed E-state index contributed by atoms with van der Waals surface area (Å²) >= 11 is 0. The van der Waals surface area contributed by atoms with Gasteiger partial charge in [0, 0.05) is 0 Å². The molecule has 0 heterocycles. The first-order valence-corrected chi connectivity index (χ1v) is 5.06. The molecule has 2 N–H and O–H groups in total. The normalized spacial score (nSPS) is 44.4. The van der Waals surface area contributed by atoms with Gasteiger partial charge in [0.15, 0.2) is 0 Å². The summed E-state index contributed by atoms with van der Waals surface area (Å²) < 4.78 is 0. The Labute approximate surface area is 77.8 Å². The van der Waals surface area contributed by atoms with Crippen LogP contribution in [0, 0.1) is 17.8 Å². The van der Waals surface area contributed by atoms with Crippen LogP contribution in [-0.4, -0.2) is 22.3 Å². The zero-order chi connectivity index (χ0) is 9.42. The van der Waals surface area contributed by atoms with Gasteiger partial charge in [-0.1, -0.05) is 0 Å². The largest absolute Gasteiger partial charge is 0.481 e. The van der Waals surface area contributed by atoms with Crippen molar-refractivity contribution in [3.8, 4) is 0 Å². The Balaban J connectivity index is 2.01. The molecule has 3 nitrogen and oxygen atoms in total. The van der Waals surface area contributed by atoms with Crippen LogP contribution in [0.4, 0.5) is 0 Å². The quantitative estimate of drug-likeness (QED) is 0.645. The molecule has 0 spiro atoms. The van der Waals surface area contributed by atoms with Gasteiger partial charge in [-0.05, 0) is 43.9 Å². The van der Waals surface area contributed by atoms with Crippen molar-refractivity contribution in [1.29, 1.82) is 0 Å². The van der Waals surface area contributed by atoms with Gasteiger partial charge in [0.1, 0.15) is 0 Å². The van der Waals surface area contributed by atoms with Gasteiger partial charge in [0.05, 0.1) is 12.0 Å². The third-order valence-corrected chi connectivity index (χ3v) is 3.46. The van der Waals surface area contributed by atoms with Gasteiger partial charge in [-0.25, -0.2) is 0 Å². The topological polar surface area (TPSA) is 57.5 Å². The molecule has 2 fully saturated rings. The van der Waals surface area contributed by atoms with Gasteiger partial charge >= 0.3 is 5.97 Å². The van der Waals surface area contributed by atoms with E-state index in [9.17, 15) is 9.90 Å². The van der Waals surface area contributed by atoms with Crippen LogP contribution in [0.3, 0.4) is 0 Å². The summed E-state index contributed by atoms with van der Waals surface area (Å²) in [6.45, 7) is 0. The van der Waals surface area contributed by atoms with E-state index in [1.54, 1.807) is 0 Å². The van der Waals surface area contributed by atoms with Crippen LogP contribution in [0.2, 0.25) is 0 Å². The number of carboxylic acid groups (broad SMARTS) is 1. The number of hydrogen-bond acceptors (Lipinski definition) is 2. The molecule has 2 bridgehead atoms. The Kier molecular flexibility index (Phi) is 2.28. The van der Waals surface area contributed by atoms with Gasteiger partial charge in [-0.2, -0.15) is 0 Å². The first-order chi connectivity index (χ1) is 6.15. The standard InChI is InChI=1S/C10H16O3/c11-9-4-6-1-7(5-9)3-8(2-6)10(12)13/h6-9,11H,1-5H2,(H,12,13)/t6-,7?,8?,9?/m1/s1. The van der Waals surface area contributed by atoms with Gasteiger partial charge < -0.3 is 10.2 Å². The highest BCUT2D eigenvalue weighted by molar-refractivity contribution is 5.70. The minimum atomic E-state index is -0.647. The molecule has 0 aromatic rings. The van der Waals surface area contributed by atoms with E-state index < -0.39 is 5.97 Å². The zero-order valence-corrected chi connectivity index (χ0v) is 7.65. The van der Waals surface area contributed by atoms with Crippen LogP contribution in [0.1, 0.15) is 32.1 Å². The average Bonchev–Trinajstić information content (AvgIpc) is 2.01. The van der Waals surface area contributed by atoms with E-state index >= 15 is 0 Å². The Morgan fingerprint density at radius 2 is 1.54 bits per heavy atom. The molecule has 3 unspecified atom stereocenters. The van der Waals surface area contributed by atoms with Gasteiger partial charge in [0.2, 0.25) is 0 Å². The van der Waals surface area contributed by atoms with Crippen LogP contribution >= 0.6 is 0 Å². The van der Waals surface area contributed by atoms with E-state index in [1.807, 2.05) is 0 Å². The van der Waals surface area contributed by atoms with Crippen molar-refractivity contribution in [2.45, 2.75) is 38.2 Å². The molecule has 0 aromatic carbocycles. The Bertz CT molecular complexity index is 196. The maximum atomic E-state index is 10.8. The summed E-state index contributed by atoms with van der Waals surface area (Å²) in [5.74, 6) is 0.134. The number of rotatable bonds is 1. The summed E-state index contributed by atoms with van der Waals surface area (Å²) in [5.41, 5.74) is 0. The van der Waals surface area contributed by atoms with Crippen LogP contribution < -0.4 is 0 Å². The molecule has 2 rings (SSSR count). The maximum Gasteiger partial charge on any atom is 0.306 e. The van der Waals surface area contributed by atoms with Crippen LogP contribution in [0.5, 0.6) is 0 Å². The lowest BCUT2D eigenvalue weighted by Crippen LogP contribution is -2.35. The number of aliphatic carboxylic acids is 1. The van der Waals surface area contributed by atoms with Crippen LogP contribution in [0.15, 0.2) is 0 Å². The summed E-state index contributed by atoms with van der Waals surface area (Å²) in [7, 11) is 0. The highest BCUT2D eigenvalue weighted by Crippen LogP contribution is 2.42. The molecule has 0 saturated heterocycles. The van der Waals surface area contributed by atoms with Gasteiger partial charge in [-0.15, -0.1) is 0 Å². The van der Waals surface area contributed by atoms with E-state index in [1.165, 1.54) is 0 Å². The van der Waals surface area contributed by atoms with E-state index in [4.69, 9.17) is 5.11 Å². The summed E-state index contributed by atoms with van der Waals surface area (Å²) in [5, 5.41) is 18.4. The van der Waals surface area contributed by atoms with Crippen molar-refractivity contribution in [3.63, 3.8) is 0 Å². The van der Waals surface area contributed by atoms with E-state index in [0.29, 0.717) is 11.8 Å². The number of aliphatic hydroxyl groups is 1. The SMILES string of the molecule is O=C(O)C1CC2CC(O)C[C@H](C2)C1. The Hall–Kier alpha value is -0.570. The minimum absolute atomic E-state index is 0.142. The molecule has 13 heavy (non-hydrogen) atoms. The minimum Gasteiger partial charge on any atom is -0.481 e. The number of carbonyl (C=O) groups is 1. The summed E-state index contributed by atoms with van der Waals surface area (Å²) in [4.78, 5) is 10.8.